The highest BCUT2D eigenvalue weighted by molar-refractivity contribution is 5.91. The molecule has 112 valence electrons. The average Bonchev–Trinajstić information content (AvgIpc) is 3.07. The molecule has 4 rings (SSSR count). The third-order valence-corrected chi connectivity index (χ3v) is 5.02. The number of allylic oxidation sites excluding steroid dienone is 1. The molecule has 2 atom stereocenters. The first-order valence-electron chi connectivity index (χ1n) is 7.70. The van der Waals surface area contributed by atoms with Gasteiger partial charge < -0.3 is 9.73 Å². The van der Waals surface area contributed by atoms with E-state index in [2.05, 4.69) is 36.6 Å². The number of fused-ring (bicyclic) bond motifs is 3. The maximum atomic E-state index is 5.78. The molecular weight excluding hydrogens is 282 g/mol. The van der Waals surface area contributed by atoms with Gasteiger partial charge in [0.25, 0.3) is 0 Å². The maximum Gasteiger partial charge on any atom is 0.141 e. The Labute approximate surface area is 132 Å². The van der Waals surface area contributed by atoms with E-state index in [-0.39, 0.29) is 12.4 Å². The van der Waals surface area contributed by atoms with E-state index in [1.807, 2.05) is 6.26 Å². The van der Waals surface area contributed by atoms with Gasteiger partial charge in [-0.1, -0.05) is 23.8 Å². The van der Waals surface area contributed by atoms with Crippen LogP contribution >= 0.6 is 12.4 Å². The lowest BCUT2D eigenvalue weighted by molar-refractivity contribution is 0.502. The van der Waals surface area contributed by atoms with Crippen LogP contribution in [0.3, 0.4) is 0 Å². The Balaban J connectivity index is 0.00000132. The van der Waals surface area contributed by atoms with Gasteiger partial charge in [0.1, 0.15) is 5.58 Å². The number of para-hydroxylation sites is 1. The van der Waals surface area contributed by atoms with E-state index in [0.29, 0.717) is 0 Å². The summed E-state index contributed by atoms with van der Waals surface area (Å²) < 4.78 is 5.78. The van der Waals surface area contributed by atoms with Crippen molar-refractivity contribution in [2.45, 2.75) is 25.7 Å². The van der Waals surface area contributed by atoms with E-state index >= 15 is 0 Å². The number of hydrogen-bond acceptors (Lipinski definition) is 2. The highest BCUT2D eigenvalue weighted by Crippen LogP contribution is 2.49. The van der Waals surface area contributed by atoms with E-state index < -0.39 is 0 Å². The minimum Gasteiger partial charge on any atom is -0.464 e. The molecule has 2 nitrogen and oxygen atoms in total. The highest BCUT2D eigenvalue weighted by Gasteiger charge is 2.35. The van der Waals surface area contributed by atoms with Crippen LogP contribution in [0.5, 0.6) is 0 Å². The van der Waals surface area contributed by atoms with Crippen molar-refractivity contribution in [2.75, 3.05) is 13.6 Å². The fourth-order valence-corrected chi connectivity index (χ4v) is 4.27. The number of hydrogen-bond donors (Lipinski definition) is 1. The molecule has 0 saturated heterocycles. The van der Waals surface area contributed by atoms with Gasteiger partial charge in [0.15, 0.2) is 0 Å². The van der Waals surface area contributed by atoms with Crippen LogP contribution in [-0.4, -0.2) is 13.6 Å². The Hall–Kier alpha value is -1.25. The number of nitrogens with one attached hydrogen (secondary N) is 1. The first kappa shape index (κ1) is 14.7. The Kier molecular flexibility index (Phi) is 4.10. The minimum atomic E-state index is 0. The summed E-state index contributed by atoms with van der Waals surface area (Å²) in [6.07, 6.45) is 7.20. The quantitative estimate of drug-likeness (QED) is 0.893. The zero-order valence-corrected chi connectivity index (χ0v) is 13.2. The van der Waals surface area contributed by atoms with E-state index in [4.69, 9.17) is 4.42 Å². The first-order chi connectivity index (χ1) is 9.86. The van der Waals surface area contributed by atoms with Crippen molar-refractivity contribution in [1.82, 2.24) is 5.32 Å². The van der Waals surface area contributed by atoms with Crippen LogP contribution < -0.4 is 5.32 Å². The lowest BCUT2D eigenvalue weighted by atomic mass is 9.79. The standard InChI is InChI=1S/C18H21NO.ClH/c1-19-11-15-10-12-5-6-14(9-12)17(15)16-4-2-3-13-7-8-20-18(13)16;/h2-4,7-8,12,14,19H,5-6,9-11H2,1H3;1H. The van der Waals surface area contributed by atoms with Crippen LogP contribution in [0.2, 0.25) is 0 Å². The molecule has 2 aromatic rings. The molecule has 0 aliphatic heterocycles. The molecule has 1 aromatic heterocycles. The topological polar surface area (TPSA) is 25.2 Å². The molecule has 1 heterocycles. The maximum absolute atomic E-state index is 5.78. The fraction of sp³-hybridized carbons (Fsp3) is 0.444. The van der Waals surface area contributed by atoms with Crippen LogP contribution in [0.4, 0.5) is 0 Å². The van der Waals surface area contributed by atoms with Crippen molar-refractivity contribution in [2.24, 2.45) is 11.8 Å². The van der Waals surface area contributed by atoms with E-state index in [1.165, 1.54) is 36.6 Å². The molecule has 21 heavy (non-hydrogen) atoms. The summed E-state index contributed by atoms with van der Waals surface area (Å²) in [4.78, 5) is 0. The molecule has 2 bridgehead atoms. The largest absolute Gasteiger partial charge is 0.464 e. The van der Waals surface area contributed by atoms with Crippen molar-refractivity contribution in [1.29, 1.82) is 0 Å². The van der Waals surface area contributed by atoms with Gasteiger partial charge in [0.2, 0.25) is 0 Å². The highest BCUT2D eigenvalue weighted by atomic mass is 35.5. The predicted octanol–water partition coefficient (Wildman–Crippen LogP) is 4.65. The normalized spacial score (nSPS) is 24.4. The second kappa shape index (κ2) is 5.86. The Morgan fingerprint density at radius 1 is 1.24 bits per heavy atom. The Bertz CT molecular complexity index is 673. The second-order valence-corrected chi connectivity index (χ2v) is 6.27. The molecule has 2 unspecified atom stereocenters. The zero-order chi connectivity index (χ0) is 13.5. The summed E-state index contributed by atoms with van der Waals surface area (Å²) in [7, 11) is 2.05. The molecular formula is C18H22ClNO. The van der Waals surface area contributed by atoms with Gasteiger partial charge >= 0.3 is 0 Å². The number of halogens is 1. The SMILES string of the molecule is CNCC1=C(c2cccc3ccoc23)C2CCC(C1)C2.Cl. The van der Waals surface area contributed by atoms with Crippen molar-refractivity contribution in [3.05, 3.63) is 41.7 Å². The summed E-state index contributed by atoms with van der Waals surface area (Å²) >= 11 is 0. The van der Waals surface area contributed by atoms with Crippen LogP contribution in [0.25, 0.3) is 16.5 Å². The number of benzene rings is 1. The van der Waals surface area contributed by atoms with Crippen molar-refractivity contribution in [3.8, 4) is 0 Å². The molecule has 3 heteroatoms. The molecule has 2 aliphatic carbocycles. The lowest BCUT2D eigenvalue weighted by Crippen LogP contribution is -2.19. The smallest absolute Gasteiger partial charge is 0.141 e. The van der Waals surface area contributed by atoms with E-state index in [9.17, 15) is 0 Å². The van der Waals surface area contributed by atoms with Gasteiger partial charge in [-0.2, -0.15) is 0 Å². The molecule has 2 aliphatic rings. The second-order valence-electron chi connectivity index (χ2n) is 6.27. The van der Waals surface area contributed by atoms with Gasteiger partial charge in [-0.25, -0.2) is 0 Å². The van der Waals surface area contributed by atoms with Crippen LogP contribution in [0.1, 0.15) is 31.2 Å². The van der Waals surface area contributed by atoms with Crippen LogP contribution in [0, 0.1) is 11.8 Å². The third-order valence-electron chi connectivity index (χ3n) is 5.02. The van der Waals surface area contributed by atoms with Gasteiger partial charge in [0.05, 0.1) is 6.26 Å². The number of likely N-dealkylation sites (N-methyl/N-ethyl adjacent to an activating group) is 1. The molecule has 0 radical (unpaired) electrons. The van der Waals surface area contributed by atoms with E-state index in [1.54, 1.807) is 11.1 Å². The lowest BCUT2D eigenvalue weighted by Gasteiger charge is -2.27. The van der Waals surface area contributed by atoms with E-state index in [0.717, 1.165) is 24.0 Å². The minimum absolute atomic E-state index is 0. The van der Waals surface area contributed by atoms with Gasteiger partial charge in [0, 0.05) is 17.5 Å². The fourth-order valence-electron chi connectivity index (χ4n) is 4.27. The summed E-state index contributed by atoms with van der Waals surface area (Å²) in [5, 5.41) is 4.58. The predicted molar refractivity (Wildman–Crippen MR) is 89.8 cm³/mol. The number of rotatable bonds is 3. The Morgan fingerprint density at radius 2 is 2.14 bits per heavy atom. The van der Waals surface area contributed by atoms with Crippen molar-refractivity contribution < 1.29 is 4.42 Å². The third kappa shape index (κ3) is 2.41. The summed E-state index contributed by atoms with van der Waals surface area (Å²) in [6, 6.07) is 8.62. The first-order valence-corrected chi connectivity index (χ1v) is 7.70. The molecule has 1 N–H and O–H groups in total. The van der Waals surface area contributed by atoms with Gasteiger partial charge in [-0.15, -0.1) is 12.4 Å². The van der Waals surface area contributed by atoms with Crippen LogP contribution in [-0.2, 0) is 0 Å². The molecule has 1 fully saturated rings. The van der Waals surface area contributed by atoms with Crippen molar-refractivity contribution >= 4 is 28.9 Å². The molecule has 1 aromatic carbocycles. The molecule has 0 spiro atoms. The summed E-state index contributed by atoms with van der Waals surface area (Å²) in [6.45, 7) is 1.01. The monoisotopic (exact) mass is 303 g/mol. The van der Waals surface area contributed by atoms with Gasteiger partial charge in [-0.05, 0) is 56.2 Å². The van der Waals surface area contributed by atoms with Gasteiger partial charge in [-0.3, -0.25) is 0 Å². The van der Waals surface area contributed by atoms with Crippen LogP contribution in [0.15, 0.2) is 40.5 Å². The molecule has 1 saturated carbocycles. The zero-order valence-electron chi connectivity index (χ0n) is 12.4. The summed E-state index contributed by atoms with van der Waals surface area (Å²) in [5.41, 5.74) is 5.59. The number of furan rings is 1. The molecule has 0 amide bonds. The van der Waals surface area contributed by atoms with Crippen molar-refractivity contribution in [3.63, 3.8) is 0 Å². The summed E-state index contributed by atoms with van der Waals surface area (Å²) in [5.74, 6) is 1.66. The average molecular weight is 304 g/mol. The Morgan fingerprint density at radius 3 is 3.00 bits per heavy atom.